The number of nitrogens with zero attached hydrogens (tertiary/aromatic N) is 3. The first kappa shape index (κ1) is 29.9. The van der Waals surface area contributed by atoms with Crippen molar-refractivity contribution >= 4 is 23.5 Å². The van der Waals surface area contributed by atoms with Gasteiger partial charge in [0.15, 0.2) is 11.6 Å². The van der Waals surface area contributed by atoms with E-state index in [1.165, 1.54) is 0 Å². The molecule has 4 fully saturated rings. The molecule has 6 aliphatic rings. The van der Waals surface area contributed by atoms with E-state index in [-0.39, 0.29) is 48.4 Å². The van der Waals surface area contributed by atoms with Crippen molar-refractivity contribution in [2.45, 2.75) is 76.2 Å². The van der Waals surface area contributed by atoms with Gasteiger partial charge in [0.25, 0.3) is 0 Å². The van der Waals surface area contributed by atoms with Crippen LogP contribution in [-0.2, 0) is 38.1 Å². The quantitative estimate of drug-likeness (QED) is 0.172. The second-order valence-corrected chi connectivity index (χ2v) is 12.1. The number of hydrogen-bond donors (Lipinski definition) is 1. The van der Waals surface area contributed by atoms with E-state index in [9.17, 15) is 24.3 Å². The fourth-order valence-corrected chi connectivity index (χ4v) is 7.05. The highest BCUT2D eigenvalue weighted by atomic mass is 16.7. The average Bonchev–Trinajstić information content (AvgIpc) is 3.36. The van der Waals surface area contributed by atoms with Gasteiger partial charge in [-0.3, -0.25) is 9.59 Å². The van der Waals surface area contributed by atoms with Crippen molar-refractivity contribution in [1.29, 1.82) is 0 Å². The zero-order chi connectivity index (χ0) is 30.4. The van der Waals surface area contributed by atoms with E-state index < -0.39 is 35.7 Å². The summed E-state index contributed by atoms with van der Waals surface area (Å²) in [5.74, 6) is -2.86. The Morgan fingerprint density at radius 3 is 1.74 bits per heavy atom. The van der Waals surface area contributed by atoms with Crippen LogP contribution in [0.2, 0.25) is 0 Å². The van der Waals surface area contributed by atoms with Crippen LogP contribution in [0.3, 0.4) is 0 Å². The second-order valence-electron chi connectivity index (χ2n) is 12.1. The fourth-order valence-electron chi connectivity index (χ4n) is 7.05. The lowest BCUT2D eigenvalue weighted by Gasteiger charge is -2.45. The van der Waals surface area contributed by atoms with E-state index in [0.717, 1.165) is 0 Å². The Morgan fingerprint density at radius 1 is 0.881 bits per heavy atom. The molecule has 0 aromatic carbocycles. The summed E-state index contributed by atoms with van der Waals surface area (Å²) in [7, 11) is 0. The number of ketones is 2. The molecule has 0 aromatic rings. The largest absolute Gasteiger partial charge is 0.429 e. The van der Waals surface area contributed by atoms with Crippen molar-refractivity contribution in [3.8, 4) is 0 Å². The highest BCUT2D eigenvalue weighted by Crippen LogP contribution is 2.49. The highest BCUT2D eigenvalue weighted by Gasteiger charge is 2.56. The van der Waals surface area contributed by atoms with E-state index >= 15 is 0 Å². The molecule has 2 aliphatic carbocycles. The molecule has 1 N–H and O–H groups in total. The molecule has 4 saturated heterocycles. The predicted molar refractivity (Wildman–Crippen MR) is 146 cm³/mol. The minimum Gasteiger partial charge on any atom is -0.429 e. The minimum atomic E-state index is -1.06. The first-order valence-corrected chi connectivity index (χ1v) is 14.2. The third-order valence-corrected chi connectivity index (χ3v) is 9.19. The number of aliphatic hydroxyl groups excluding tert-OH is 1. The summed E-state index contributed by atoms with van der Waals surface area (Å²) < 4.78 is 22.5. The first-order valence-electron chi connectivity index (χ1n) is 14.2. The summed E-state index contributed by atoms with van der Waals surface area (Å²) in [6.07, 6.45) is 5.47. The van der Waals surface area contributed by atoms with Crippen molar-refractivity contribution in [1.82, 2.24) is 0 Å². The van der Waals surface area contributed by atoms with Gasteiger partial charge in [0.1, 0.15) is 12.2 Å². The lowest BCUT2D eigenvalue weighted by molar-refractivity contribution is -0.269. The molecule has 6 rings (SSSR count). The number of rotatable bonds is 3. The number of esters is 2. The molecule has 224 valence electrons. The zero-order valence-electron chi connectivity index (χ0n) is 23.7. The lowest BCUT2D eigenvalue weighted by Crippen LogP contribution is -2.53. The van der Waals surface area contributed by atoms with Crippen molar-refractivity contribution in [3.05, 3.63) is 58.0 Å². The molecule has 42 heavy (non-hydrogen) atoms. The van der Waals surface area contributed by atoms with E-state index in [2.05, 4.69) is 23.2 Å². The Hall–Kier alpha value is -3.57. The summed E-state index contributed by atoms with van der Waals surface area (Å²) in [6, 6.07) is 0. The van der Waals surface area contributed by atoms with Gasteiger partial charge in [0.2, 0.25) is 11.6 Å². The van der Waals surface area contributed by atoms with Gasteiger partial charge in [-0.25, -0.2) is 9.59 Å². The standard InChI is InChI=1S/C15H17N3O4.C15H18O5/c1-8-5-15(6-9(2)14(20)22-15)21-13-11(8)4-3-10(12(13)19)7-17-18-16;1-8-5-15(6-9(2)14(18)20-15)19-13-11(8)4-3-10(7-16)12(13)17/h3,8,11,13H,2,4-7H2,1H3;3,8,11,13,16H,2,4-7H2,1H3/t2*8-,11+,13+,15+/m00/s1. The number of aliphatic hydroxyl groups is 1. The maximum atomic E-state index is 12.6. The van der Waals surface area contributed by atoms with Crippen molar-refractivity contribution in [2.75, 3.05) is 13.2 Å². The lowest BCUT2D eigenvalue weighted by atomic mass is 9.73. The van der Waals surface area contributed by atoms with Gasteiger partial charge in [0, 0.05) is 47.3 Å². The van der Waals surface area contributed by atoms with E-state index in [1.54, 1.807) is 6.08 Å². The molecule has 0 unspecified atom stereocenters. The van der Waals surface area contributed by atoms with Crippen LogP contribution in [0.15, 0.2) is 52.7 Å². The molecule has 2 spiro atoms. The molecule has 0 radical (unpaired) electrons. The molecule has 0 amide bonds. The van der Waals surface area contributed by atoms with Gasteiger partial charge >= 0.3 is 11.9 Å². The van der Waals surface area contributed by atoms with Gasteiger partial charge in [-0.15, -0.1) is 0 Å². The Bertz CT molecular complexity index is 1330. The van der Waals surface area contributed by atoms with Crippen LogP contribution in [0.25, 0.3) is 10.4 Å². The van der Waals surface area contributed by atoms with Gasteiger partial charge in [0.05, 0.1) is 13.2 Å². The third kappa shape index (κ3) is 5.35. The third-order valence-electron chi connectivity index (χ3n) is 9.19. The van der Waals surface area contributed by atoms with Gasteiger partial charge < -0.3 is 24.1 Å². The molecule has 0 aromatic heterocycles. The van der Waals surface area contributed by atoms with E-state index in [0.29, 0.717) is 60.8 Å². The highest BCUT2D eigenvalue weighted by molar-refractivity contribution is 6.01. The monoisotopic (exact) mass is 581 g/mol. The summed E-state index contributed by atoms with van der Waals surface area (Å²) in [6.45, 7) is 11.2. The number of azide groups is 1. The second kappa shape index (κ2) is 11.3. The number of carbonyl (C=O) groups is 4. The number of allylic oxidation sites excluding steroid dienone is 2. The fraction of sp³-hybridized carbons (Fsp3) is 0.600. The molecular formula is C30H35N3O9. The number of Topliss-reactive ketones (excluding diaryl/α,β-unsaturated/α-hetero) is 2. The number of hydrogen-bond acceptors (Lipinski definition) is 10. The van der Waals surface area contributed by atoms with Crippen LogP contribution in [-0.4, -0.2) is 65.5 Å². The predicted octanol–water partition coefficient (Wildman–Crippen LogP) is 3.56. The van der Waals surface area contributed by atoms with Crippen LogP contribution in [0.4, 0.5) is 0 Å². The molecule has 0 bridgehead atoms. The molecule has 12 nitrogen and oxygen atoms in total. The van der Waals surface area contributed by atoms with Crippen LogP contribution in [0.1, 0.15) is 52.4 Å². The molecule has 4 aliphatic heterocycles. The first-order chi connectivity index (χ1) is 19.9. The number of carbonyl (C=O) groups excluding carboxylic acids is 4. The SMILES string of the molecule is C=C1C[C@@]2(C[C@H](C)[C@H]3CC=C(CN=[N+]=[N-])C(=O)[C@@H]3O2)OC1=O.C=C1C[C@@]2(C[C@H](C)[C@H]3CC=C(CO)C(=O)[C@@H]3O2)OC1=O. The smallest absolute Gasteiger partial charge is 0.336 e. The van der Waals surface area contributed by atoms with Crippen molar-refractivity contribution in [2.24, 2.45) is 28.8 Å². The van der Waals surface area contributed by atoms with Gasteiger partial charge in [-0.05, 0) is 47.6 Å². The maximum Gasteiger partial charge on any atom is 0.336 e. The molecule has 8 atom stereocenters. The van der Waals surface area contributed by atoms with Gasteiger partial charge in [-0.2, -0.15) is 0 Å². The zero-order valence-corrected chi connectivity index (χ0v) is 23.7. The molecular weight excluding hydrogens is 546 g/mol. The summed E-state index contributed by atoms with van der Waals surface area (Å²) in [5.41, 5.74) is 10.0. The van der Waals surface area contributed by atoms with Crippen LogP contribution < -0.4 is 0 Å². The number of ether oxygens (including phenoxy) is 4. The Balaban J connectivity index is 0.000000169. The summed E-state index contributed by atoms with van der Waals surface area (Å²) in [5, 5.41) is 12.7. The summed E-state index contributed by atoms with van der Waals surface area (Å²) >= 11 is 0. The van der Waals surface area contributed by atoms with Crippen LogP contribution in [0, 0.1) is 23.7 Å². The van der Waals surface area contributed by atoms with Crippen molar-refractivity contribution < 1.29 is 43.2 Å². The van der Waals surface area contributed by atoms with Crippen LogP contribution in [0.5, 0.6) is 0 Å². The van der Waals surface area contributed by atoms with Gasteiger partial charge in [-0.1, -0.05) is 44.3 Å². The molecule has 0 saturated carbocycles. The van der Waals surface area contributed by atoms with Crippen LogP contribution >= 0.6 is 0 Å². The van der Waals surface area contributed by atoms with E-state index in [1.807, 2.05) is 19.9 Å². The Labute approximate surface area is 243 Å². The Kier molecular flexibility index (Phi) is 8.02. The Morgan fingerprint density at radius 2 is 1.33 bits per heavy atom. The molecule has 4 heterocycles. The topological polar surface area (TPSA) is 174 Å². The van der Waals surface area contributed by atoms with E-state index in [4.69, 9.17) is 24.5 Å². The average molecular weight is 582 g/mol. The van der Waals surface area contributed by atoms with Crippen molar-refractivity contribution in [3.63, 3.8) is 0 Å². The number of fused-ring (bicyclic) bond motifs is 2. The summed E-state index contributed by atoms with van der Waals surface area (Å²) in [4.78, 5) is 50.8. The maximum absolute atomic E-state index is 12.6. The minimum absolute atomic E-state index is 0.0236. The molecule has 12 heteroatoms. The normalized spacial score (nSPS) is 38.9.